The third kappa shape index (κ3) is 4.36. The summed E-state index contributed by atoms with van der Waals surface area (Å²) in [5, 5.41) is 3.40. The van der Waals surface area contributed by atoms with Crippen LogP contribution in [-0.2, 0) is 10.5 Å². The SMILES string of the molecule is O=C(CSCc1cc(Cl)c2c(c1)OCCO2)Nc1ccc2c(c1)OCCO2. The largest absolute Gasteiger partial charge is 0.486 e. The number of thioether (sulfide) groups is 1. The number of halogens is 1. The molecular formula is C19H18ClNO5S. The first-order valence-electron chi connectivity index (χ1n) is 8.54. The molecule has 0 saturated carbocycles. The zero-order chi connectivity index (χ0) is 18.6. The Morgan fingerprint density at radius 2 is 1.70 bits per heavy atom. The van der Waals surface area contributed by atoms with E-state index in [2.05, 4.69) is 5.32 Å². The molecule has 0 spiro atoms. The number of carbonyl (C=O) groups is 1. The van der Waals surface area contributed by atoms with Gasteiger partial charge < -0.3 is 24.3 Å². The summed E-state index contributed by atoms with van der Waals surface area (Å²) >= 11 is 7.74. The third-order valence-electron chi connectivity index (χ3n) is 3.98. The predicted octanol–water partition coefficient (Wildman–Crippen LogP) is 3.75. The second-order valence-corrected chi connectivity index (χ2v) is 7.39. The fourth-order valence-electron chi connectivity index (χ4n) is 2.83. The fraction of sp³-hybridized carbons (Fsp3) is 0.316. The Balaban J connectivity index is 1.30. The molecule has 0 bridgehead atoms. The molecule has 1 amide bonds. The van der Waals surface area contributed by atoms with Gasteiger partial charge in [0.2, 0.25) is 5.91 Å². The molecule has 2 aromatic carbocycles. The zero-order valence-electron chi connectivity index (χ0n) is 14.5. The molecule has 0 aromatic heterocycles. The number of benzene rings is 2. The Hall–Kier alpha value is -2.25. The zero-order valence-corrected chi connectivity index (χ0v) is 16.0. The molecule has 2 aromatic rings. The van der Waals surface area contributed by atoms with E-state index in [1.54, 1.807) is 18.2 Å². The van der Waals surface area contributed by atoms with Crippen molar-refractivity contribution in [2.24, 2.45) is 0 Å². The van der Waals surface area contributed by atoms with Gasteiger partial charge in [-0.25, -0.2) is 0 Å². The minimum atomic E-state index is -0.0830. The van der Waals surface area contributed by atoms with Crippen molar-refractivity contribution in [1.82, 2.24) is 0 Å². The highest BCUT2D eigenvalue weighted by molar-refractivity contribution is 7.99. The van der Waals surface area contributed by atoms with Crippen molar-refractivity contribution in [2.75, 3.05) is 37.5 Å². The van der Waals surface area contributed by atoms with Crippen LogP contribution in [0.5, 0.6) is 23.0 Å². The second kappa shape index (κ2) is 8.19. The number of fused-ring (bicyclic) bond motifs is 2. The molecule has 6 nitrogen and oxygen atoms in total. The Kier molecular flexibility index (Phi) is 5.50. The summed E-state index contributed by atoms with van der Waals surface area (Å²) in [6.07, 6.45) is 0. The van der Waals surface area contributed by atoms with Crippen LogP contribution >= 0.6 is 23.4 Å². The van der Waals surface area contributed by atoms with Gasteiger partial charge in [0.05, 0.1) is 10.8 Å². The highest BCUT2D eigenvalue weighted by Gasteiger charge is 2.17. The number of carbonyl (C=O) groups excluding carboxylic acids is 1. The molecule has 0 saturated heterocycles. The van der Waals surface area contributed by atoms with Gasteiger partial charge in [0.25, 0.3) is 0 Å². The van der Waals surface area contributed by atoms with Crippen LogP contribution in [0.25, 0.3) is 0 Å². The van der Waals surface area contributed by atoms with Crippen molar-refractivity contribution in [2.45, 2.75) is 5.75 Å². The minimum absolute atomic E-state index is 0.0830. The van der Waals surface area contributed by atoms with Crippen molar-refractivity contribution in [3.05, 3.63) is 40.9 Å². The monoisotopic (exact) mass is 407 g/mol. The Morgan fingerprint density at radius 1 is 0.963 bits per heavy atom. The number of hydrogen-bond acceptors (Lipinski definition) is 6. The second-order valence-electron chi connectivity index (χ2n) is 6.00. The van der Waals surface area contributed by atoms with Crippen molar-refractivity contribution >= 4 is 35.0 Å². The van der Waals surface area contributed by atoms with Crippen molar-refractivity contribution < 1.29 is 23.7 Å². The molecule has 4 rings (SSSR count). The van der Waals surface area contributed by atoms with Crippen molar-refractivity contribution in [3.63, 3.8) is 0 Å². The van der Waals surface area contributed by atoms with Crippen LogP contribution in [0.1, 0.15) is 5.56 Å². The number of amides is 1. The lowest BCUT2D eigenvalue weighted by atomic mass is 10.2. The Bertz CT molecular complexity index is 860. The van der Waals surface area contributed by atoms with Crippen LogP contribution in [-0.4, -0.2) is 38.1 Å². The predicted molar refractivity (Wildman–Crippen MR) is 105 cm³/mol. The maximum Gasteiger partial charge on any atom is 0.234 e. The standard InChI is InChI=1S/C19H18ClNO5S/c20-14-7-12(8-17-19(14)26-6-5-25-17)10-27-11-18(22)21-13-1-2-15-16(9-13)24-4-3-23-15/h1-2,7-9H,3-6,10-11H2,(H,21,22). The first-order chi connectivity index (χ1) is 13.2. The van der Waals surface area contributed by atoms with E-state index in [0.717, 1.165) is 5.56 Å². The van der Waals surface area contributed by atoms with E-state index in [1.807, 2.05) is 12.1 Å². The van der Waals surface area contributed by atoms with Crippen LogP contribution in [0.2, 0.25) is 5.02 Å². The molecule has 0 atom stereocenters. The molecule has 0 radical (unpaired) electrons. The van der Waals surface area contributed by atoms with Crippen LogP contribution in [0, 0.1) is 0 Å². The summed E-state index contributed by atoms with van der Waals surface area (Å²) in [7, 11) is 0. The molecule has 0 unspecified atom stereocenters. The molecule has 142 valence electrons. The molecule has 0 aliphatic carbocycles. The lowest BCUT2D eigenvalue weighted by Crippen LogP contribution is -2.17. The van der Waals surface area contributed by atoms with Crippen LogP contribution < -0.4 is 24.3 Å². The van der Waals surface area contributed by atoms with Crippen molar-refractivity contribution in [3.8, 4) is 23.0 Å². The van der Waals surface area contributed by atoms with E-state index in [4.69, 9.17) is 30.5 Å². The van der Waals surface area contributed by atoms with Crippen LogP contribution in [0.3, 0.4) is 0 Å². The number of ether oxygens (including phenoxy) is 4. The lowest BCUT2D eigenvalue weighted by Gasteiger charge is -2.20. The molecule has 1 N–H and O–H groups in total. The van der Waals surface area contributed by atoms with Crippen molar-refractivity contribution in [1.29, 1.82) is 0 Å². The fourth-order valence-corrected chi connectivity index (χ4v) is 3.88. The Morgan fingerprint density at radius 3 is 2.56 bits per heavy atom. The van der Waals surface area contributed by atoms with Gasteiger partial charge in [-0.1, -0.05) is 11.6 Å². The van der Waals surface area contributed by atoms with E-state index in [9.17, 15) is 4.79 Å². The topological polar surface area (TPSA) is 66.0 Å². The van der Waals surface area contributed by atoms with Gasteiger partial charge in [0, 0.05) is 17.5 Å². The van der Waals surface area contributed by atoms with E-state index in [0.29, 0.717) is 71.6 Å². The number of hydrogen-bond donors (Lipinski definition) is 1. The molecular weight excluding hydrogens is 390 g/mol. The van der Waals surface area contributed by atoms with Gasteiger partial charge in [-0.05, 0) is 29.8 Å². The summed E-state index contributed by atoms with van der Waals surface area (Å²) in [4.78, 5) is 12.2. The average Bonchev–Trinajstić information content (AvgIpc) is 2.68. The van der Waals surface area contributed by atoms with E-state index in [1.165, 1.54) is 11.8 Å². The highest BCUT2D eigenvalue weighted by atomic mass is 35.5. The van der Waals surface area contributed by atoms with E-state index < -0.39 is 0 Å². The third-order valence-corrected chi connectivity index (χ3v) is 5.27. The summed E-state index contributed by atoms with van der Waals surface area (Å²) in [5.74, 6) is 3.48. The summed E-state index contributed by atoms with van der Waals surface area (Å²) in [6.45, 7) is 2.07. The molecule has 2 heterocycles. The lowest BCUT2D eigenvalue weighted by molar-refractivity contribution is -0.113. The maximum atomic E-state index is 12.2. The number of nitrogens with one attached hydrogen (secondary N) is 1. The van der Waals surface area contributed by atoms with Gasteiger partial charge in [-0.2, -0.15) is 0 Å². The van der Waals surface area contributed by atoms with E-state index in [-0.39, 0.29) is 5.91 Å². The van der Waals surface area contributed by atoms with Crippen LogP contribution in [0.4, 0.5) is 5.69 Å². The normalized spacial score (nSPS) is 14.6. The molecule has 2 aliphatic heterocycles. The molecule has 2 aliphatic rings. The molecule has 8 heteroatoms. The van der Waals surface area contributed by atoms with E-state index >= 15 is 0 Å². The van der Waals surface area contributed by atoms with Gasteiger partial charge in [0.15, 0.2) is 23.0 Å². The Labute approximate surface area is 166 Å². The summed E-state index contributed by atoms with van der Waals surface area (Å²) in [6, 6.07) is 9.13. The number of rotatable bonds is 5. The first kappa shape index (κ1) is 18.1. The van der Waals surface area contributed by atoms with Crippen LogP contribution in [0.15, 0.2) is 30.3 Å². The van der Waals surface area contributed by atoms with Gasteiger partial charge >= 0.3 is 0 Å². The highest BCUT2D eigenvalue weighted by Crippen LogP contribution is 2.39. The quantitative estimate of drug-likeness (QED) is 0.814. The van der Waals surface area contributed by atoms with Gasteiger partial charge in [-0.15, -0.1) is 11.8 Å². The minimum Gasteiger partial charge on any atom is -0.486 e. The number of anilines is 1. The first-order valence-corrected chi connectivity index (χ1v) is 10.1. The molecule has 0 fully saturated rings. The molecule has 27 heavy (non-hydrogen) atoms. The summed E-state index contributed by atoms with van der Waals surface area (Å²) in [5.41, 5.74) is 1.67. The smallest absolute Gasteiger partial charge is 0.234 e. The van der Waals surface area contributed by atoms with Gasteiger partial charge in [0.1, 0.15) is 26.4 Å². The average molecular weight is 408 g/mol. The maximum absolute atomic E-state index is 12.2. The summed E-state index contributed by atoms with van der Waals surface area (Å²) < 4.78 is 22.1. The van der Waals surface area contributed by atoms with Gasteiger partial charge in [-0.3, -0.25) is 4.79 Å².